The van der Waals surface area contributed by atoms with Crippen LogP contribution >= 0.6 is 15.9 Å². The first-order valence-electron chi connectivity index (χ1n) is 6.60. The van der Waals surface area contributed by atoms with E-state index in [0.717, 1.165) is 5.56 Å². The molecule has 1 heterocycles. The largest absolute Gasteiger partial charge is 0.290 e. The van der Waals surface area contributed by atoms with Crippen LogP contribution in [0.5, 0.6) is 0 Å². The first kappa shape index (κ1) is 15.4. The third kappa shape index (κ3) is 3.78. The molecule has 0 fully saturated rings. The second-order valence-corrected chi connectivity index (χ2v) is 5.84. The highest BCUT2D eigenvalue weighted by Gasteiger charge is 2.14. The molecule has 0 aliphatic heterocycles. The van der Waals surface area contributed by atoms with Crippen LogP contribution in [0.2, 0.25) is 0 Å². The molecule has 1 aromatic heterocycles. The summed E-state index contributed by atoms with van der Waals surface area (Å²) < 4.78 is 2.13. The smallest absolute Gasteiger partial charge is 0.266 e. The van der Waals surface area contributed by atoms with Crippen LogP contribution in [-0.2, 0) is 7.05 Å². The number of hydrazone groups is 1. The molecule has 0 atom stereocenters. The number of hydrogen-bond acceptors (Lipinski definition) is 3. The van der Waals surface area contributed by atoms with Gasteiger partial charge in [-0.3, -0.25) is 9.48 Å². The second-order valence-electron chi connectivity index (χ2n) is 4.99. The maximum Gasteiger partial charge on any atom is 0.290 e. The highest BCUT2D eigenvalue weighted by Crippen LogP contribution is 2.15. The number of halogens is 1. The molecular weight excluding hydrogens is 332 g/mol. The van der Waals surface area contributed by atoms with Crippen LogP contribution in [0, 0.1) is 0 Å². The number of nitrogens with zero attached hydrogens (tertiary/aromatic N) is 3. The molecule has 1 amide bonds. The quantitative estimate of drug-likeness (QED) is 0.681. The Morgan fingerprint density at radius 3 is 2.57 bits per heavy atom. The Bertz CT molecular complexity index is 639. The van der Waals surface area contributed by atoms with E-state index in [2.05, 4.69) is 57.5 Å². The second kappa shape index (κ2) is 6.67. The van der Waals surface area contributed by atoms with E-state index in [1.165, 1.54) is 10.2 Å². The maximum atomic E-state index is 12.0. The monoisotopic (exact) mass is 348 g/mol. The van der Waals surface area contributed by atoms with E-state index in [9.17, 15) is 4.79 Å². The molecule has 0 spiro atoms. The molecule has 0 aliphatic carbocycles. The van der Waals surface area contributed by atoms with Crippen LogP contribution < -0.4 is 5.43 Å². The summed E-state index contributed by atoms with van der Waals surface area (Å²) in [6, 6.07) is 8.08. The number of benzene rings is 1. The van der Waals surface area contributed by atoms with Crippen molar-refractivity contribution < 1.29 is 4.79 Å². The van der Waals surface area contributed by atoms with Gasteiger partial charge in [-0.15, -0.1) is 0 Å². The molecule has 0 saturated carbocycles. The zero-order valence-corrected chi connectivity index (χ0v) is 13.8. The maximum absolute atomic E-state index is 12.0. The minimum atomic E-state index is -0.308. The molecule has 2 aromatic rings. The van der Waals surface area contributed by atoms with Crippen molar-refractivity contribution in [2.24, 2.45) is 12.1 Å². The highest BCUT2D eigenvalue weighted by atomic mass is 79.9. The van der Waals surface area contributed by atoms with Gasteiger partial charge in [0, 0.05) is 7.05 Å². The zero-order chi connectivity index (χ0) is 15.4. The lowest BCUT2D eigenvalue weighted by atomic mass is 10.0. The van der Waals surface area contributed by atoms with Crippen molar-refractivity contribution in [1.29, 1.82) is 0 Å². The molecule has 6 heteroatoms. The number of aryl methyl sites for hydroxylation is 1. The first-order chi connectivity index (χ1) is 9.99. The van der Waals surface area contributed by atoms with Crippen LogP contribution in [0.25, 0.3) is 0 Å². The van der Waals surface area contributed by atoms with Gasteiger partial charge in [-0.1, -0.05) is 38.1 Å². The van der Waals surface area contributed by atoms with E-state index in [4.69, 9.17) is 0 Å². The van der Waals surface area contributed by atoms with Gasteiger partial charge in [0.15, 0.2) is 0 Å². The Hall–Kier alpha value is -1.95. The fraction of sp³-hybridized carbons (Fsp3) is 0.267. The summed E-state index contributed by atoms with van der Waals surface area (Å²) in [5.41, 5.74) is 5.13. The van der Waals surface area contributed by atoms with Gasteiger partial charge in [0.25, 0.3) is 5.91 Å². The van der Waals surface area contributed by atoms with Gasteiger partial charge in [-0.05, 0) is 33.0 Å². The predicted octanol–water partition coefficient (Wildman–Crippen LogP) is 3.07. The van der Waals surface area contributed by atoms with Crippen molar-refractivity contribution >= 4 is 28.1 Å². The molecule has 110 valence electrons. The van der Waals surface area contributed by atoms with Crippen molar-refractivity contribution in [3.05, 3.63) is 51.8 Å². The highest BCUT2D eigenvalue weighted by molar-refractivity contribution is 9.10. The van der Waals surface area contributed by atoms with E-state index >= 15 is 0 Å². The Labute approximate surface area is 132 Å². The average molecular weight is 349 g/mol. The molecule has 5 nitrogen and oxygen atoms in total. The average Bonchev–Trinajstić information content (AvgIpc) is 2.78. The van der Waals surface area contributed by atoms with Crippen molar-refractivity contribution in [3.63, 3.8) is 0 Å². The lowest BCUT2D eigenvalue weighted by Gasteiger charge is -2.04. The van der Waals surface area contributed by atoms with Gasteiger partial charge in [-0.25, -0.2) is 5.43 Å². The molecule has 2 rings (SSSR count). The minimum absolute atomic E-state index is 0.308. The Balaban J connectivity index is 2.01. The lowest BCUT2D eigenvalue weighted by molar-refractivity contribution is 0.0945. The van der Waals surface area contributed by atoms with Gasteiger partial charge in [0.05, 0.1) is 16.9 Å². The summed E-state index contributed by atoms with van der Waals surface area (Å²) >= 11 is 3.28. The SMILES string of the molecule is CC(C)c1ccc(/C=N\NC(=O)c2c(Br)cnn2C)cc1. The summed E-state index contributed by atoms with van der Waals surface area (Å²) in [6.07, 6.45) is 3.19. The van der Waals surface area contributed by atoms with Crippen LogP contribution in [0.3, 0.4) is 0 Å². The number of rotatable bonds is 4. The van der Waals surface area contributed by atoms with Crippen molar-refractivity contribution in [2.45, 2.75) is 19.8 Å². The molecule has 1 aromatic carbocycles. The molecule has 21 heavy (non-hydrogen) atoms. The number of amides is 1. The van der Waals surface area contributed by atoms with Gasteiger partial charge in [0.1, 0.15) is 5.69 Å². The molecule has 0 unspecified atom stereocenters. The topological polar surface area (TPSA) is 59.3 Å². The summed E-state index contributed by atoms with van der Waals surface area (Å²) in [5.74, 6) is 0.190. The van der Waals surface area contributed by atoms with Gasteiger partial charge >= 0.3 is 0 Å². The molecule has 1 N–H and O–H groups in total. The molecule has 0 aliphatic rings. The number of nitrogens with one attached hydrogen (secondary N) is 1. The first-order valence-corrected chi connectivity index (χ1v) is 7.39. The van der Waals surface area contributed by atoms with Gasteiger partial charge in [-0.2, -0.15) is 10.2 Å². The van der Waals surface area contributed by atoms with Crippen molar-refractivity contribution in [3.8, 4) is 0 Å². The standard InChI is InChI=1S/C15H17BrN4O/c1-10(2)12-6-4-11(5-7-12)8-17-19-15(21)14-13(16)9-18-20(14)3/h4-10H,1-3H3,(H,19,21)/b17-8-. The predicted molar refractivity (Wildman–Crippen MR) is 86.5 cm³/mol. The number of aromatic nitrogens is 2. The normalized spacial score (nSPS) is 11.3. The van der Waals surface area contributed by atoms with Crippen LogP contribution in [-0.4, -0.2) is 21.9 Å². The van der Waals surface area contributed by atoms with Crippen LogP contribution in [0.1, 0.15) is 41.4 Å². The van der Waals surface area contributed by atoms with E-state index in [1.807, 2.05) is 12.1 Å². The minimum Gasteiger partial charge on any atom is -0.266 e. The summed E-state index contributed by atoms with van der Waals surface area (Å²) in [4.78, 5) is 12.0. The fourth-order valence-corrected chi connectivity index (χ4v) is 2.38. The number of carbonyl (C=O) groups is 1. The zero-order valence-electron chi connectivity index (χ0n) is 12.2. The number of hydrogen-bond donors (Lipinski definition) is 1. The Morgan fingerprint density at radius 2 is 2.05 bits per heavy atom. The fourth-order valence-electron chi connectivity index (χ4n) is 1.85. The van der Waals surface area contributed by atoms with Crippen molar-refractivity contribution in [1.82, 2.24) is 15.2 Å². The third-order valence-corrected chi connectivity index (χ3v) is 3.67. The lowest BCUT2D eigenvalue weighted by Crippen LogP contribution is -2.21. The number of carbonyl (C=O) groups excluding carboxylic acids is 1. The van der Waals surface area contributed by atoms with Gasteiger partial charge in [0.2, 0.25) is 0 Å². The van der Waals surface area contributed by atoms with Crippen molar-refractivity contribution in [2.75, 3.05) is 0 Å². The third-order valence-electron chi connectivity index (χ3n) is 3.09. The van der Waals surface area contributed by atoms with Crippen LogP contribution in [0.4, 0.5) is 0 Å². The molecule has 0 saturated heterocycles. The Morgan fingerprint density at radius 1 is 1.38 bits per heavy atom. The van der Waals surface area contributed by atoms with E-state index in [0.29, 0.717) is 16.1 Å². The van der Waals surface area contributed by atoms with E-state index in [-0.39, 0.29) is 5.91 Å². The molecule has 0 radical (unpaired) electrons. The summed E-state index contributed by atoms with van der Waals surface area (Å²) in [7, 11) is 1.70. The molecular formula is C15H17BrN4O. The summed E-state index contributed by atoms with van der Waals surface area (Å²) in [6.45, 7) is 4.30. The van der Waals surface area contributed by atoms with E-state index < -0.39 is 0 Å². The van der Waals surface area contributed by atoms with E-state index in [1.54, 1.807) is 19.5 Å². The Kier molecular flexibility index (Phi) is 4.90. The van der Waals surface area contributed by atoms with Gasteiger partial charge < -0.3 is 0 Å². The molecule has 0 bridgehead atoms. The van der Waals surface area contributed by atoms with Crippen LogP contribution in [0.15, 0.2) is 40.0 Å². The summed E-state index contributed by atoms with van der Waals surface area (Å²) in [5, 5.41) is 7.95.